The first-order chi connectivity index (χ1) is 29.7. The zero-order valence-electron chi connectivity index (χ0n) is 35.9. The molecule has 24 nitrogen and oxygen atoms in total. The number of ketones is 4. The quantitative estimate of drug-likeness (QED) is 0.0403. The van der Waals surface area contributed by atoms with Gasteiger partial charge in [0, 0.05) is 57.0 Å². The summed E-state index contributed by atoms with van der Waals surface area (Å²) >= 11 is 0. The molecule has 0 aromatic carbocycles. The smallest absolute Gasteiger partial charge is 0.264 e. The van der Waals surface area contributed by atoms with Gasteiger partial charge in [-0.2, -0.15) is 8.42 Å². The Balaban J connectivity index is 0.000000396. The zero-order chi connectivity index (χ0) is 47.6. The summed E-state index contributed by atoms with van der Waals surface area (Å²) in [6, 6.07) is 0. The Morgan fingerprint density at radius 2 is 1.00 bits per heavy atom. The lowest BCUT2D eigenvalue weighted by Gasteiger charge is -2.27. The number of aliphatic hydroxyl groups excluding tert-OH is 2. The highest BCUT2D eigenvalue weighted by molar-refractivity contribution is 7.86. The van der Waals surface area contributed by atoms with E-state index in [1.54, 1.807) is 33.2 Å². The van der Waals surface area contributed by atoms with Gasteiger partial charge in [0.25, 0.3) is 10.1 Å². The van der Waals surface area contributed by atoms with Gasteiger partial charge in [-0.15, -0.1) is 0 Å². The number of nitrogens with zero attached hydrogens (tertiary/aromatic N) is 13. The van der Waals surface area contributed by atoms with Crippen LogP contribution >= 0.6 is 0 Å². The van der Waals surface area contributed by atoms with Crippen LogP contribution in [0.3, 0.4) is 0 Å². The summed E-state index contributed by atoms with van der Waals surface area (Å²) in [5, 5.41) is 20.8. The fourth-order valence-electron chi connectivity index (χ4n) is 3.77. The largest absolute Gasteiger partial charge is 0.390 e. The van der Waals surface area contributed by atoms with Crippen LogP contribution in [0.2, 0.25) is 0 Å². The molecule has 0 radical (unpaired) electrons. The average Bonchev–Trinajstić information content (AvgIpc) is 3.27. The Morgan fingerprint density at radius 1 is 0.619 bits per heavy atom. The van der Waals surface area contributed by atoms with Crippen molar-refractivity contribution in [2.75, 3.05) is 46.8 Å². The van der Waals surface area contributed by atoms with Crippen molar-refractivity contribution in [2.45, 2.75) is 47.3 Å². The van der Waals surface area contributed by atoms with Gasteiger partial charge in [0.1, 0.15) is 48.3 Å². The number of rotatable bonds is 14. The molecule has 5 heterocycles. The number of aromatic nitrogens is 10. The molecule has 5 aromatic rings. The molecule has 0 aliphatic rings. The van der Waals surface area contributed by atoms with Crippen molar-refractivity contribution in [3.8, 4) is 0 Å². The lowest BCUT2D eigenvalue weighted by atomic mass is 10.2. The molecule has 336 valence electrons. The van der Waals surface area contributed by atoms with Crippen LogP contribution in [0.25, 0.3) is 10.4 Å². The van der Waals surface area contributed by atoms with Crippen LogP contribution in [0.5, 0.6) is 0 Å². The maximum absolute atomic E-state index is 11.3. The Labute approximate surface area is 362 Å². The summed E-state index contributed by atoms with van der Waals surface area (Å²) in [4.78, 5) is 85.3. The minimum absolute atomic E-state index is 0.0486. The summed E-state index contributed by atoms with van der Waals surface area (Å²) in [5.74, 6) is -2.51. The van der Waals surface area contributed by atoms with Gasteiger partial charge in [-0.05, 0) is 40.1 Å². The zero-order valence-corrected chi connectivity index (χ0v) is 36.7. The summed E-state index contributed by atoms with van der Waals surface area (Å²) in [6.45, 7) is 8.83. The summed E-state index contributed by atoms with van der Waals surface area (Å²) in [7, 11) is -0.713. The molecule has 0 unspecified atom stereocenters. The SMILES string of the molecule is CC(=O)c1cnc(C)cn1.COC(CO)(OC)c1cnc(C)cn1.Cc1cnc(C(=O)CN=[N+]=[N-])cn1.Cc1cnc(C(=O)CO)cn1.Cc1cnc(C(=O)COS(C)(=O)=O)cn1. The van der Waals surface area contributed by atoms with Crippen molar-refractivity contribution < 1.29 is 51.5 Å². The van der Waals surface area contributed by atoms with E-state index in [1.165, 1.54) is 70.7 Å². The molecule has 0 saturated carbocycles. The van der Waals surface area contributed by atoms with Crippen LogP contribution in [0.4, 0.5) is 0 Å². The van der Waals surface area contributed by atoms with Crippen LogP contribution in [0.15, 0.2) is 67.1 Å². The summed E-state index contributed by atoms with van der Waals surface area (Å²) in [6.07, 6.45) is 15.5. The Morgan fingerprint density at radius 3 is 1.30 bits per heavy atom. The molecule has 2 N–H and O–H groups in total. The molecule has 5 aromatic heterocycles. The number of Topliss-reactive ketones (excluding diaryl/α,β-unsaturated/α-hetero) is 4. The third kappa shape index (κ3) is 21.0. The number of ether oxygens (including phenoxy) is 2. The van der Waals surface area contributed by atoms with E-state index in [-0.39, 0.29) is 41.8 Å². The predicted molar refractivity (Wildman–Crippen MR) is 222 cm³/mol. The van der Waals surface area contributed by atoms with Crippen molar-refractivity contribution in [1.82, 2.24) is 49.8 Å². The number of azide groups is 1. The minimum atomic E-state index is -3.60. The molecule has 63 heavy (non-hydrogen) atoms. The highest BCUT2D eigenvalue weighted by Gasteiger charge is 2.33. The third-order valence-corrected chi connectivity index (χ3v) is 7.75. The number of hydrogen-bond acceptors (Lipinski definition) is 22. The van der Waals surface area contributed by atoms with Crippen LogP contribution in [-0.4, -0.2) is 138 Å². The summed E-state index contributed by atoms with van der Waals surface area (Å²) < 4.78 is 35.7. The van der Waals surface area contributed by atoms with E-state index >= 15 is 0 Å². The van der Waals surface area contributed by atoms with Crippen LogP contribution < -0.4 is 0 Å². The molecule has 0 fully saturated rings. The first-order valence-corrected chi connectivity index (χ1v) is 19.8. The molecular weight excluding hydrogens is 847 g/mol. The van der Waals surface area contributed by atoms with Gasteiger partial charge in [-0.3, -0.25) is 53.3 Å². The van der Waals surface area contributed by atoms with E-state index in [2.05, 4.69) is 64.0 Å². The molecular formula is C38H47N13O11S. The Bertz CT molecular complexity index is 2350. The number of carbonyl (C=O) groups excluding carboxylic acids is 4. The van der Waals surface area contributed by atoms with Crippen molar-refractivity contribution in [3.63, 3.8) is 0 Å². The average molecular weight is 894 g/mol. The van der Waals surface area contributed by atoms with Crippen molar-refractivity contribution in [1.29, 1.82) is 0 Å². The van der Waals surface area contributed by atoms with E-state index in [4.69, 9.17) is 20.1 Å². The Hall–Kier alpha value is -6.86. The molecule has 0 spiro atoms. The van der Waals surface area contributed by atoms with Gasteiger partial charge in [0.2, 0.25) is 17.4 Å². The Kier molecular flexibility index (Phi) is 24.0. The van der Waals surface area contributed by atoms with E-state index in [1.807, 2.05) is 13.8 Å². The predicted octanol–water partition coefficient (Wildman–Crippen LogP) is 2.39. The topological polar surface area (TPSA) is 348 Å². The fraction of sp³-hybridized carbons (Fsp3) is 0.368. The van der Waals surface area contributed by atoms with Gasteiger partial charge in [0.15, 0.2) is 11.6 Å². The highest BCUT2D eigenvalue weighted by atomic mass is 32.2. The molecule has 5 rings (SSSR count). The van der Waals surface area contributed by atoms with Crippen molar-refractivity contribution in [2.24, 2.45) is 5.11 Å². The molecule has 0 saturated heterocycles. The van der Waals surface area contributed by atoms with E-state index in [0.29, 0.717) is 17.1 Å². The number of carbonyl (C=O) groups is 4. The van der Waals surface area contributed by atoms with Gasteiger partial charge >= 0.3 is 0 Å². The van der Waals surface area contributed by atoms with E-state index < -0.39 is 40.7 Å². The molecule has 0 amide bonds. The monoisotopic (exact) mass is 893 g/mol. The standard InChI is InChI=1S/C9H14N2O3.C8H10N2O4S.C7H7N5O.C7H8N2O2.C7H8N2O/c1-7-4-11-8(5-10-7)9(6-12,13-2)14-3;1-6-3-10-7(4-9-6)8(11)5-14-15(2,12)13;1-5-2-10-6(3-9-5)7(13)4-11-12-8;1-5-2-9-6(3-8-5)7(11)4-10;1-5-3-9-7(4-8-5)6(2)10/h4-5,12H,6H2,1-3H3;3-4H,5H2,1-2H3;2-3H,4H2,1H3;2-3,10H,4H2,1H3;3-4H,1-2H3. The van der Waals surface area contributed by atoms with E-state index in [0.717, 1.165) is 29.0 Å². The fourth-order valence-corrected chi connectivity index (χ4v) is 4.09. The first kappa shape index (κ1) is 54.2. The molecule has 25 heteroatoms. The lowest BCUT2D eigenvalue weighted by molar-refractivity contribution is -0.238. The molecule has 0 atom stereocenters. The first-order valence-electron chi connectivity index (χ1n) is 18.0. The number of aliphatic hydroxyl groups is 2. The van der Waals surface area contributed by atoms with Crippen molar-refractivity contribution in [3.05, 3.63) is 129 Å². The second kappa shape index (κ2) is 27.9. The van der Waals surface area contributed by atoms with Crippen LogP contribution in [0, 0.1) is 34.6 Å². The maximum atomic E-state index is 11.3. The van der Waals surface area contributed by atoms with Crippen LogP contribution in [0.1, 0.15) is 83.0 Å². The lowest BCUT2D eigenvalue weighted by Crippen LogP contribution is -2.36. The highest BCUT2D eigenvalue weighted by Crippen LogP contribution is 2.22. The molecule has 0 aliphatic carbocycles. The van der Waals surface area contributed by atoms with Crippen LogP contribution in [-0.2, 0) is 29.6 Å². The molecule has 0 bridgehead atoms. The second-order valence-electron chi connectivity index (χ2n) is 12.4. The number of methoxy groups -OCH3 is 2. The number of aryl methyl sites for hydroxylation is 5. The maximum Gasteiger partial charge on any atom is 0.264 e. The normalized spacial score (nSPS) is 10.3. The molecule has 0 aliphatic heterocycles. The van der Waals surface area contributed by atoms with Gasteiger partial charge in [-0.1, -0.05) is 5.11 Å². The van der Waals surface area contributed by atoms with Gasteiger partial charge in [-0.25, -0.2) is 19.9 Å². The third-order valence-electron chi connectivity index (χ3n) is 7.21. The van der Waals surface area contributed by atoms with Gasteiger partial charge in [0.05, 0.1) is 72.3 Å². The van der Waals surface area contributed by atoms with Crippen molar-refractivity contribution >= 4 is 33.3 Å². The second-order valence-corrected chi connectivity index (χ2v) is 14.0. The number of hydrogen-bond donors (Lipinski definition) is 2. The van der Waals surface area contributed by atoms with E-state index in [9.17, 15) is 32.7 Å². The summed E-state index contributed by atoms with van der Waals surface area (Å²) in [5.41, 5.74) is 13.2. The minimum Gasteiger partial charge on any atom is -0.390 e. The van der Waals surface area contributed by atoms with Gasteiger partial charge < -0.3 is 19.7 Å².